The summed E-state index contributed by atoms with van der Waals surface area (Å²) in [5.74, 6) is 0.311. The molecule has 1 aliphatic rings. The van der Waals surface area contributed by atoms with Gasteiger partial charge in [-0.15, -0.1) is 0 Å². The second-order valence-electron chi connectivity index (χ2n) is 7.10. The Bertz CT molecular complexity index is 953. The summed E-state index contributed by atoms with van der Waals surface area (Å²) in [4.78, 5) is 14.0. The van der Waals surface area contributed by atoms with Crippen LogP contribution in [-0.2, 0) is 11.2 Å². The number of nitrogens with zero attached hydrogens (tertiary/aromatic N) is 1. The molecule has 3 aromatic carbocycles. The second-order valence-corrected chi connectivity index (χ2v) is 7.10. The van der Waals surface area contributed by atoms with Crippen LogP contribution in [0.2, 0.25) is 0 Å². The first-order chi connectivity index (χ1) is 13.6. The first-order valence-electron chi connectivity index (χ1n) is 9.48. The molecular formula is C24H23NO3. The predicted molar refractivity (Wildman–Crippen MR) is 110 cm³/mol. The van der Waals surface area contributed by atoms with Crippen LogP contribution in [-0.4, -0.2) is 36.3 Å². The smallest absolute Gasteiger partial charge is 0.409 e. The van der Waals surface area contributed by atoms with Gasteiger partial charge in [0.2, 0.25) is 0 Å². The standard InChI is InChI=1S/C24H23NO3/c1-25(15-14-17-8-2-7-13-23(17)26)24(27)28-16-22-20-11-5-3-9-18(20)19-10-4-6-12-21(19)22/h2-13,22,26H,14-16H2,1H3. The highest BCUT2D eigenvalue weighted by Crippen LogP contribution is 2.44. The molecule has 0 saturated heterocycles. The number of benzene rings is 3. The van der Waals surface area contributed by atoms with Crippen LogP contribution in [0.25, 0.3) is 11.1 Å². The number of fused-ring (bicyclic) bond motifs is 3. The number of rotatable bonds is 5. The number of aromatic hydroxyl groups is 1. The molecule has 28 heavy (non-hydrogen) atoms. The van der Waals surface area contributed by atoms with Crippen molar-refractivity contribution in [3.05, 3.63) is 89.5 Å². The van der Waals surface area contributed by atoms with Crippen LogP contribution in [0.3, 0.4) is 0 Å². The van der Waals surface area contributed by atoms with Crippen molar-refractivity contribution in [2.24, 2.45) is 0 Å². The topological polar surface area (TPSA) is 49.8 Å². The molecule has 3 aromatic rings. The maximum absolute atomic E-state index is 12.5. The van der Waals surface area contributed by atoms with E-state index < -0.39 is 0 Å². The molecule has 4 rings (SSSR count). The molecule has 0 fully saturated rings. The average molecular weight is 373 g/mol. The maximum atomic E-state index is 12.5. The van der Waals surface area contributed by atoms with E-state index in [1.165, 1.54) is 22.3 Å². The molecule has 0 unspecified atom stereocenters. The van der Waals surface area contributed by atoms with Crippen molar-refractivity contribution in [1.29, 1.82) is 0 Å². The summed E-state index contributed by atoms with van der Waals surface area (Å²) in [6.07, 6.45) is 0.227. The van der Waals surface area contributed by atoms with Crippen LogP contribution in [0.5, 0.6) is 5.75 Å². The SMILES string of the molecule is CN(CCc1ccccc1O)C(=O)OCC1c2ccccc2-c2ccccc21. The zero-order valence-corrected chi connectivity index (χ0v) is 15.8. The zero-order valence-electron chi connectivity index (χ0n) is 15.8. The Kier molecular flexibility index (Phi) is 5.02. The third-order valence-corrected chi connectivity index (χ3v) is 5.36. The summed E-state index contributed by atoms with van der Waals surface area (Å²) in [5, 5.41) is 9.86. The fraction of sp³-hybridized carbons (Fsp3) is 0.208. The molecule has 0 radical (unpaired) electrons. The first-order valence-corrected chi connectivity index (χ1v) is 9.48. The summed E-state index contributed by atoms with van der Waals surface area (Å²) in [6.45, 7) is 0.794. The molecule has 4 nitrogen and oxygen atoms in total. The molecule has 1 amide bonds. The zero-order chi connectivity index (χ0) is 19.5. The average Bonchev–Trinajstić information content (AvgIpc) is 3.05. The lowest BCUT2D eigenvalue weighted by molar-refractivity contribution is 0.108. The third-order valence-electron chi connectivity index (χ3n) is 5.36. The van der Waals surface area contributed by atoms with E-state index in [2.05, 4.69) is 24.3 Å². The quantitative estimate of drug-likeness (QED) is 0.698. The van der Waals surface area contributed by atoms with Gasteiger partial charge in [0.25, 0.3) is 0 Å². The number of hydrogen-bond acceptors (Lipinski definition) is 3. The van der Waals surface area contributed by atoms with Crippen LogP contribution < -0.4 is 0 Å². The number of phenols is 1. The number of carbonyl (C=O) groups excluding carboxylic acids is 1. The Balaban J connectivity index is 1.40. The van der Waals surface area contributed by atoms with Crippen molar-refractivity contribution in [1.82, 2.24) is 4.90 Å². The van der Waals surface area contributed by atoms with Crippen LogP contribution in [0.15, 0.2) is 72.8 Å². The van der Waals surface area contributed by atoms with E-state index in [1.54, 1.807) is 24.1 Å². The molecule has 0 saturated carbocycles. The minimum atomic E-state index is -0.350. The minimum Gasteiger partial charge on any atom is -0.508 e. The van der Waals surface area contributed by atoms with Gasteiger partial charge in [-0.05, 0) is 40.3 Å². The Morgan fingerprint density at radius 1 is 0.929 bits per heavy atom. The number of amides is 1. The number of ether oxygens (including phenoxy) is 1. The summed E-state index contributed by atoms with van der Waals surface area (Å²) in [6, 6.07) is 23.8. The fourth-order valence-corrected chi connectivity index (χ4v) is 3.81. The molecular weight excluding hydrogens is 350 g/mol. The lowest BCUT2D eigenvalue weighted by Gasteiger charge is -2.20. The monoisotopic (exact) mass is 373 g/mol. The summed E-state index contributed by atoms with van der Waals surface area (Å²) in [7, 11) is 1.72. The van der Waals surface area contributed by atoms with Crippen LogP contribution in [0, 0.1) is 0 Å². The fourth-order valence-electron chi connectivity index (χ4n) is 3.81. The summed E-state index contributed by atoms with van der Waals surface area (Å²) in [5.41, 5.74) is 5.65. The second kappa shape index (κ2) is 7.77. The summed E-state index contributed by atoms with van der Waals surface area (Å²) >= 11 is 0. The van der Waals surface area contributed by atoms with Gasteiger partial charge in [-0.3, -0.25) is 0 Å². The molecule has 4 heteroatoms. The number of para-hydroxylation sites is 1. The molecule has 0 spiro atoms. The van der Waals surface area contributed by atoms with E-state index in [0.29, 0.717) is 19.6 Å². The number of likely N-dealkylation sites (N-methyl/N-ethyl adjacent to an activating group) is 1. The van der Waals surface area contributed by atoms with Crippen molar-refractivity contribution >= 4 is 6.09 Å². The van der Waals surface area contributed by atoms with Crippen LogP contribution in [0.1, 0.15) is 22.6 Å². The number of hydrogen-bond donors (Lipinski definition) is 1. The van der Waals surface area contributed by atoms with Crippen molar-refractivity contribution in [2.45, 2.75) is 12.3 Å². The third kappa shape index (κ3) is 3.46. The van der Waals surface area contributed by atoms with E-state index in [4.69, 9.17) is 4.74 Å². The predicted octanol–water partition coefficient (Wildman–Crippen LogP) is 4.82. The van der Waals surface area contributed by atoms with Crippen molar-refractivity contribution in [2.75, 3.05) is 20.2 Å². The highest BCUT2D eigenvalue weighted by molar-refractivity contribution is 5.79. The number of carbonyl (C=O) groups is 1. The van der Waals surface area contributed by atoms with E-state index in [0.717, 1.165) is 5.56 Å². The highest BCUT2D eigenvalue weighted by Gasteiger charge is 2.29. The first kappa shape index (κ1) is 18.1. The lowest BCUT2D eigenvalue weighted by Crippen LogP contribution is -2.30. The highest BCUT2D eigenvalue weighted by atomic mass is 16.6. The number of phenolic OH excluding ortho intramolecular Hbond substituents is 1. The van der Waals surface area contributed by atoms with Gasteiger partial charge < -0.3 is 14.7 Å². The Labute approximate surface area is 165 Å². The van der Waals surface area contributed by atoms with E-state index in [-0.39, 0.29) is 17.8 Å². The molecule has 0 atom stereocenters. The van der Waals surface area contributed by atoms with Crippen molar-refractivity contribution < 1.29 is 14.6 Å². The lowest BCUT2D eigenvalue weighted by atomic mass is 9.98. The molecule has 0 aliphatic heterocycles. The van der Waals surface area contributed by atoms with Gasteiger partial charge in [-0.2, -0.15) is 0 Å². The summed E-state index contributed by atoms with van der Waals surface area (Å²) < 4.78 is 5.64. The van der Waals surface area contributed by atoms with E-state index >= 15 is 0 Å². The van der Waals surface area contributed by atoms with Gasteiger partial charge in [0, 0.05) is 19.5 Å². The molecule has 0 heterocycles. The van der Waals surface area contributed by atoms with Crippen molar-refractivity contribution in [3.8, 4) is 16.9 Å². The van der Waals surface area contributed by atoms with Crippen LogP contribution >= 0.6 is 0 Å². The Hall–Kier alpha value is -3.27. The Morgan fingerprint density at radius 3 is 2.14 bits per heavy atom. The molecule has 1 aliphatic carbocycles. The molecule has 0 aromatic heterocycles. The normalized spacial score (nSPS) is 12.3. The van der Waals surface area contributed by atoms with Gasteiger partial charge in [0.05, 0.1) is 0 Å². The van der Waals surface area contributed by atoms with Gasteiger partial charge >= 0.3 is 6.09 Å². The largest absolute Gasteiger partial charge is 0.508 e. The molecule has 0 bridgehead atoms. The Morgan fingerprint density at radius 2 is 1.50 bits per heavy atom. The van der Waals surface area contributed by atoms with E-state index in [9.17, 15) is 9.90 Å². The molecule has 1 N–H and O–H groups in total. The maximum Gasteiger partial charge on any atom is 0.409 e. The van der Waals surface area contributed by atoms with Crippen molar-refractivity contribution in [3.63, 3.8) is 0 Å². The van der Waals surface area contributed by atoms with Gasteiger partial charge in [0.1, 0.15) is 12.4 Å². The van der Waals surface area contributed by atoms with E-state index in [1.807, 2.05) is 36.4 Å². The minimum absolute atomic E-state index is 0.0583. The van der Waals surface area contributed by atoms with Gasteiger partial charge in [0.15, 0.2) is 0 Å². The van der Waals surface area contributed by atoms with Gasteiger partial charge in [-0.25, -0.2) is 4.79 Å². The van der Waals surface area contributed by atoms with Gasteiger partial charge in [-0.1, -0.05) is 66.7 Å². The molecule has 142 valence electrons. The van der Waals surface area contributed by atoms with Crippen LogP contribution in [0.4, 0.5) is 4.79 Å².